The standard InChI is InChI=1S/C12H11O/c1-10(12-8-5-9-13-12)11-6-3-2-4-7-11/h2-10H,1H2. The van der Waals surface area contributed by atoms with Crippen LogP contribution in [0.25, 0.3) is 0 Å². The number of hydrogen-bond donors (Lipinski definition) is 0. The highest BCUT2D eigenvalue weighted by atomic mass is 16.3. The predicted molar refractivity (Wildman–Crippen MR) is 52.4 cm³/mol. The molecule has 0 amide bonds. The van der Waals surface area contributed by atoms with Crippen molar-refractivity contribution in [3.05, 3.63) is 67.0 Å². The molecule has 1 heterocycles. The Labute approximate surface area is 78.0 Å². The van der Waals surface area contributed by atoms with E-state index in [4.69, 9.17) is 4.42 Å². The molecule has 2 aromatic rings. The second kappa shape index (κ2) is 3.48. The van der Waals surface area contributed by atoms with E-state index in [2.05, 4.69) is 19.1 Å². The first-order valence-corrected chi connectivity index (χ1v) is 4.29. The summed E-state index contributed by atoms with van der Waals surface area (Å²) >= 11 is 0. The largest absolute Gasteiger partial charge is 0.469 e. The third kappa shape index (κ3) is 1.64. The molecule has 13 heavy (non-hydrogen) atoms. The lowest BCUT2D eigenvalue weighted by Crippen LogP contribution is -1.93. The van der Waals surface area contributed by atoms with Gasteiger partial charge in [-0.2, -0.15) is 0 Å². The van der Waals surface area contributed by atoms with E-state index < -0.39 is 0 Å². The quantitative estimate of drug-likeness (QED) is 0.676. The maximum Gasteiger partial charge on any atom is 0.111 e. The first kappa shape index (κ1) is 8.11. The van der Waals surface area contributed by atoms with Crippen LogP contribution in [0.1, 0.15) is 17.2 Å². The van der Waals surface area contributed by atoms with Crippen molar-refractivity contribution in [3.8, 4) is 0 Å². The Morgan fingerprint density at radius 2 is 1.77 bits per heavy atom. The van der Waals surface area contributed by atoms with Gasteiger partial charge >= 0.3 is 0 Å². The van der Waals surface area contributed by atoms with E-state index in [1.54, 1.807) is 6.26 Å². The van der Waals surface area contributed by atoms with Crippen molar-refractivity contribution in [1.29, 1.82) is 0 Å². The fourth-order valence-corrected chi connectivity index (χ4v) is 1.34. The van der Waals surface area contributed by atoms with Gasteiger partial charge in [-0.1, -0.05) is 30.3 Å². The molecule has 0 aliphatic rings. The normalized spacial score (nSPS) is 12.7. The minimum Gasteiger partial charge on any atom is -0.469 e. The lowest BCUT2D eigenvalue weighted by Gasteiger charge is -2.07. The molecular formula is C12H11O. The lowest BCUT2D eigenvalue weighted by molar-refractivity contribution is 0.506. The summed E-state index contributed by atoms with van der Waals surface area (Å²) in [6.45, 7) is 4.06. The van der Waals surface area contributed by atoms with Gasteiger partial charge in [0.25, 0.3) is 0 Å². The molecule has 0 aliphatic carbocycles. The molecule has 0 fully saturated rings. The highest BCUT2D eigenvalue weighted by molar-refractivity contribution is 5.27. The van der Waals surface area contributed by atoms with E-state index in [9.17, 15) is 0 Å². The summed E-state index contributed by atoms with van der Waals surface area (Å²) in [7, 11) is 0. The summed E-state index contributed by atoms with van der Waals surface area (Å²) in [4.78, 5) is 0. The lowest BCUT2D eigenvalue weighted by atomic mass is 9.99. The topological polar surface area (TPSA) is 13.1 Å². The van der Waals surface area contributed by atoms with Crippen molar-refractivity contribution in [2.24, 2.45) is 0 Å². The molecule has 1 nitrogen and oxygen atoms in total. The predicted octanol–water partition coefficient (Wildman–Crippen LogP) is 3.25. The molecule has 1 heteroatoms. The Morgan fingerprint density at radius 1 is 1.00 bits per heavy atom. The molecule has 1 aromatic heterocycles. The Bertz CT molecular complexity index is 348. The summed E-state index contributed by atoms with van der Waals surface area (Å²) < 4.78 is 5.29. The van der Waals surface area contributed by atoms with Crippen molar-refractivity contribution in [2.45, 2.75) is 5.92 Å². The van der Waals surface area contributed by atoms with Gasteiger partial charge in [-0.05, 0) is 24.6 Å². The maximum atomic E-state index is 5.29. The summed E-state index contributed by atoms with van der Waals surface area (Å²) in [5, 5.41) is 0. The van der Waals surface area contributed by atoms with Gasteiger partial charge in [-0.3, -0.25) is 0 Å². The Morgan fingerprint density at radius 3 is 2.38 bits per heavy atom. The number of benzene rings is 1. The Kier molecular flexibility index (Phi) is 2.17. The van der Waals surface area contributed by atoms with Crippen LogP contribution in [0, 0.1) is 6.92 Å². The van der Waals surface area contributed by atoms with E-state index in [0.717, 1.165) is 5.76 Å². The van der Waals surface area contributed by atoms with Gasteiger partial charge < -0.3 is 4.42 Å². The monoisotopic (exact) mass is 171 g/mol. The van der Waals surface area contributed by atoms with E-state index in [-0.39, 0.29) is 5.92 Å². The van der Waals surface area contributed by atoms with Crippen LogP contribution in [-0.4, -0.2) is 0 Å². The third-order valence-electron chi connectivity index (χ3n) is 2.09. The van der Waals surface area contributed by atoms with Gasteiger partial charge in [0.15, 0.2) is 0 Å². The molecule has 0 saturated heterocycles. The fraction of sp³-hybridized carbons (Fsp3) is 0.0833. The van der Waals surface area contributed by atoms with E-state index in [1.165, 1.54) is 5.56 Å². The average Bonchev–Trinajstić information content (AvgIpc) is 2.71. The van der Waals surface area contributed by atoms with Gasteiger partial charge in [0.05, 0.1) is 6.26 Å². The van der Waals surface area contributed by atoms with Crippen LogP contribution < -0.4 is 0 Å². The van der Waals surface area contributed by atoms with Crippen molar-refractivity contribution in [2.75, 3.05) is 0 Å². The summed E-state index contributed by atoms with van der Waals surface area (Å²) in [5.41, 5.74) is 1.18. The molecule has 1 radical (unpaired) electrons. The van der Waals surface area contributed by atoms with Crippen LogP contribution in [0.3, 0.4) is 0 Å². The SMILES string of the molecule is [CH2]C(c1ccccc1)c1ccco1. The van der Waals surface area contributed by atoms with Crippen molar-refractivity contribution >= 4 is 0 Å². The summed E-state index contributed by atoms with van der Waals surface area (Å²) in [5.74, 6) is 1.00. The zero-order chi connectivity index (χ0) is 9.10. The molecule has 1 aromatic carbocycles. The number of rotatable bonds is 2. The molecule has 2 rings (SSSR count). The van der Waals surface area contributed by atoms with Crippen LogP contribution in [0.2, 0.25) is 0 Å². The van der Waals surface area contributed by atoms with Crippen molar-refractivity contribution in [3.63, 3.8) is 0 Å². The van der Waals surface area contributed by atoms with E-state index in [1.807, 2.05) is 30.3 Å². The van der Waals surface area contributed by atoms with E-state index in [0.29, 0.717) is 0 Å². The Hall–Kier alpha value is -1.50. The molecular weight excluding hydrogens is 160 g/mol. The number of furan rings is 1. The molecule has 0 saturated carbocycles. The minimum atomic E-state index is 0.0937. The molecule has 0 N–H and O–H groups in total. The van der Waals surface area contributed by atoms with E-state index >= 15 is 0 Å². The molecule has 0 spiro atoms. The molecule has 0 bridgehead atoms. The minimum absolute atomic E-state index is 0.0937. The second-order valence-corrected chi connectivity index (χ2v) is 2.98. The van der Waals surface area contributed by atoms with Crippen LogP contribution >= 0.6 is 0 Å². The third-order valence-corrected chi connectivity index (χ3v) is 2.09. The van der Waals surface area contributed by atoms with Gasteiger partial charge in [-0.15, -0.1) is 0 Å². The Balaban J connectivity index is 2.29. The van der Waals surface area contributed by atoms with Gasteiger partial charge in [0.2, 0.25) is 0 Å². The maximum absolute atomic E-state index is 5.29. The fourth-order valence-electron chi connectivity index (χ4n) is 1.34. The van der Waals surface area contributed by atoms with Gasteiger partial charge in [0.1, 0.15) is 5.76 Å². The number of hydrogen-bond acceptors (Lipinski definition) is 1. The highest BCUT2D eigenvalue weighted by Gasteiger charge is 2.09. The smallest absolute Gasteiger partial charge is 0.111 e. The van der Waals surface area contributed by atoms with Gasteiger partial charge in [-0.25, -0.2) is 0 Å². The average molecular weight is 171 g/mol. The molecule has 1 unspecified atom stereocenters. The van der Waals surface area contributed by atoms with Crippen molar-refractivity contribution in [1.82, 2.24) is 0 Å². The summed E-state index contributed by atoms with van der Waals surface area (Å²) in [6, 6.07) is 14.0. The molecule has 65 valence electrons. The molecule has 0 aliphatic heterocycles. The summed E-state index contributed by atoms with van der Waals surface area (Å²) in [6.07, 6.45) is 1.68. The zero-order valence-corrected chi connectivity index (χ0v) is 7.31. The van der Waals surface area contributed by atoms with Crippen LogP contribution in [0.4, 0.5) is 0 Å². The molecule has 1 atom stereocenters. The van der Waals surface area contributed by atoms with Crippen LogP contribution in [0.5, 0.6) is 0 Å². The van der Waals surface area contributed by atoms with Crippen LogP contribution in [0.15, 0.2) is 53.1 Å². The first-order chi connectivity index (χ1) is 6.38. The van der Waals surface area contributed by atoms with Crippen molar-refractivity contribution < 1.29 is 4.42 Å². The highest BCUT2D eigenvalue weighted by Crippen LogP contribution is 2.23. The second-order valence-electron chi connectivity index (χ2n) is 2.98. The zero-order valence-electron chi connectivity index (χ0n) is 7.31. The first-order valence-electron chi connectivity index (χ1n) is 4.29. The van der Waals surface area contributed by atoms with Gasteiger partial charge in [0, 0.05) is 5.92 Å². The van der Waals surface area contributed by atoms with Crippen LogP contribution in [-0.2, 0) is 0 Å².